The Morgan fingerprint density at radius 1 is 0.657 bits per heavy atom. The van der Waals surface area contributed by atoms with Crippen LogP contribution in [0.2, 0.25) is 5.02 Å². The topological polar surface area (TPSA) is 12.9 Å². The van der Waals surface area contributed by atoms with Gasteiger partial charge in [-0.1, -0.05) is 66.2 Å². The summed E-state index contributed by atoms with van der Waals surface area (Å²) in [6.07, 6.45) is 4.07. The first kappa shape index (κ1) is 22.1. The highest BCUT2D eigenvalue weighted by molar-refractivity contribution is 6.30. The Labute approximate surface area is 212 Å². The summed E-state index contributed by atoms with van der Waals surface area (Å²) >= 11 is 6.45. The molecule has 0 fully saturated rings. The van der Waals surface area contributed by atoms with Crippen LogP contribution in [0.3, 0.4) is 0 Å². The van der Waals surface area contributed by atoms with Crippen LogP contribution < -0.4 is 0 Å². The molecule has 4 aromatic carbocycles. The minimum Gasteiger partial charge on any atom is -0.247 e. The highest BCUT2D eigenvalue weighted by Gasteiger charge is 2.17. The summed E-state index contributed by atoms with van der Waals surface area (Å²) < 4.78 is 0. The van der Waals surface area contributed by atoms with Gasteiger partial charge < -0.3 is 0 Å². The SMILES string of the molecule is Cc1cc(C)c2cc(-c3cccc(Cl)c3)c(-c3cc4ccc3CCc3ccc(cc3)CC4)nc2c1. The average Bonchev–Trinajstić information content (AvgIpc) is 2.85. The van der Waals surface area contributed by atoms with E-state index in [1.54, 1.807) is 0 Å². The van der Waals surface area contributed by atoms with Gasteiger partial charge in [-0.05, 0) is 109 Å². The Bertz CT molecular complexity index is 1560. The van der Waals surface area contributed by atoms with Crippen LogP contribution in [0.5, 0.6) is 0 Å². The van der Waals surface area contributed by atoms with E-state index in [0.29, 0.717) is 0 Å². The Hall–Kier alpha value is -3.42. The third-order valence-electron chi connectivity index (χ3n) is 7.26. The largest absolute Gasteiger partial charge is 0.247 e. The molecule has 4 aliphatic rings. The lowest BCUT2D eigenvalue weighted by molar-refractivity contribution is 0.922. The maximum absolute atomic E-state index is 6.45. The smallest absolute Gasteiger partial charge is 0.0790 e. The summed E-state index contributed by atoms with van der Waals surface area (Å²) in [7, 11) is 0. The molecule has 0 atom stereocenters. The van der Waals surface area contributed by atoms with Gasteiger partial charge in [0.1, 0.15) is 0 Å². The molecule has 0 amide bonds. The van der Waals surface area contributed by atoms with Crippen molar-refractivity contribution in [2.24, 2.45) is 0 Å². The fraction of sp³-hybridized carbons (Fsp3) is 0.182. The predicted octanol–water partition coefficient (Wildman–Crippen LogP) is 8.72. The van der Waals surface area contributed by atoms with E-state index in [-0.39, 0.29) is 0 Å². The van der Waals surface area contributed by atoms with Crippen molar-refractivity contribution in [2.75, 3.05) is 0 Å². The van der Waals surface area contributed by atoms with Gasteiger partial charge in [-0.15, -0.1) is 0 Å². The number of halogens is 1. The molecule has 35 heavy (non-hydrogen) atoms. The molecular formula is C33H28ClN. The van der Waals surface area contributed by atoms with Crippen LogP contribution in [-0.2, 0) is 25.7 Å². The highest BCUT2D eigenvalue weighted by Crippen LogP contribution is 2.38. The molecule has 0 N–H and O–H groups in total. The molecule has 4 bridgehead atoms. The van der Waals surface area contributed by atoms with Gasteiger partial charge in [0, 0.05) is 21.5 Å². The van der Waals surface area contributed by atoms with Gasteiger partial charge in [0.25, 0.3) is 0 Å². The lowest BCUT2D eigenvalue weighted by Gasteiger charge is -2.18. The number of pyridine rings is 1. The van der Waals surface area contributed by atoms with E-state index in [9.17, 15) is 0 Å². The Balaban J connectivity index is 1.60. The first-order chi connectivity index (χ1) is 17.0. The van der Waals surface area contributed by atoms with Crippen molar-refractivity contribution < 1.29 is 0 Å². The Morgan fingerprint density at radius 3 is 2.14 bits per heavy atom. The van der Waals surface area contributed by atoms with Crippen molar-refractivity contribution in [2.45, 2.75) is 39.5 Å². The van der Waals surface area contributed by atoms with Gasteiger partial charge in [-0.3, -0.25) is 0 Å². The quantitative estimate of drug-likeness (QED) is 0.250. The molecule has 2 heteroatoms. The summed E-state index contributed by atoms with van der Waals surface area (Å²) in [5, 5.41) is 1.94. The molecule has 5 aromatic rings. The number of benzene rings is 4. The minimum atomic E-state index is 0.744. The maximum atomic E-state index is 6.45. The molecule has 0 saturated heterocycles. The van der Waals surface area contributed by atoms with Crippen molar-refractivity contribution in [3.63, 3.8) is 0 Å². The summed E-state index contributed by atoms with van der Waals surface area (Å²) in [4.78, 5) is 5.34. The zero-order chi connectivity index (χ0) is 23.9. The molecule has 9 rings (SSSR count). The molecule has 4 aliphatic carbocycles. The predicted molar refractivity (Wildman–Crippen MR) is 148 cm³/mol. The van der Waals surface area contributed by atoms with E-state index in [2.05, 4.69) is 86.6 Å². The van der Waals surface area contributed by atoms with Crippen molar-refractivity contribution in [1.29, 1.82) is 0 Å². The molecule has 0 spiro atoms. The van der Waals surface area contributed by atoms with Crippen LogP contribution in [0.4, 0.5) is 0 Å². The van der Waals surface area contributed by atoms with E-state index in [1.165, 1.54) is 44.3 Å². The number of rotatable bonds is 2. The minimum absolute atomic E-state index is 0.744. The fourth-order valence-corrected chi connectivity index (χ4v) is 5.56. The zero-order valence-corrected chi connectivity index (χ0v) is 21.0. The monoisotopic (exact) mass is 473 g/mol. The number of aromatic nitrogens is 1. The van der Waals surface area contributed by atoms with Crippen molar-refractivity contribution in [1.82, 2.24) is 4.98 Å². The van der Waals surface area contributed by atoms with Crippen LogP contribution in [-0.4, -0.2) is 4.98 Å². The molecule has 0 aliphatic heterocycles. The molecule has 172 valence electrons. The molecule has 0 radical (unpaired) electrons. The fourth-order valence-electron chi connectivity index (χ4n) is 5.37. The number of fused-ring (bicyclic) bond motifs is 1. The molecule has 0 saturated carbocycles. The number of hydrogen-bond donors (Lipinski definition) is 0. The first-order valence-electron chi connectivity index (χ1n) is 12.4. The molecule has 1 nitrogen and oxygen atoms in total. The Morgan fingerprint density at radius 2 is 1.37 bits per heavy atom. The summed E-state index contributed by atoms with van der Waals surface area (Å²) in [6, 6.07) is 31.1. The van der Waals surface area contributed by atoms with Gasteiger partial charge in [0.05, 0.1) is 11.2 Å². The Kier molecular flexibility index (Phi) is 5.66. The standard InChI is InChI=1S/C33H28ClN/c1-21-16-22(2)29-20-31(27-4-3-5-28(34)19-27)33(35-32(29)17-21)30-18-25-11-10-23-6-8-24(9-7-23)12-14-26(30)15-13-25/h3-9,13,15-20H,10-12,14H2,1-2H3. The van der Waals surface area contributed by atoms with Gasteiger partial charge >= 0.3 is 0 Å². The van der Waals surface area contributed by atoms with Gasteiger partial charge in [-0.2, -0.15) is 0 Å². The molecule has 1 aromatic heterocycles. The third-order valence-corrected chi connectivity index (χ3v) is 7.49. The van der Waals surface area contributed by atoms with E-state index in [1.807, 2.05) is 12.1 Å². The van der Waals surface area contributed by atoms with Gasteiger partial charge in [-0.25, -0.2) is 4.98 Å². The van der Waals surface area contributed by atoms with Crippen LogP contribution in [0.15, 0.2) is 84.9 Å². The number of hydrogen-bond acceptors (Lipinski definition) is 1. The average molecular weight is 474 g/mol. The van der Waals surface area contributed by atoms with E-state index in [4.69, 9.17) is 16.6 Å². The van der Waals surface area contributed by atoms with E-state index >= 15 is 0 Å². The first-order valence-corrected chi connectivity index (χ1v) is 12.8. The third kappa shape index (κ3) is 4.37. The second-order valence-electron chi connectivity index (χ2n) is 9.85. The molecule has 1 heterocycles. The van der Waals surface area contributed by atoms with Crippen LogP contribution in [0, 0.1) is 13.8 Å². The van der Waals surface area contributed by atoms with E-state index in [0.717, 1.165) is 53.0 Å². The summed E-state index contributed by atoms with van der Waals surface area (Å²) in [5.74, 6) is 0. The van der Waals surface area contributed by atoms with Crippen molar-refractivity contribution >= 4 is 22.5 Å². The number of aryl methyl sites for hydroxylation is 6. The highest BCUT2D eigenvalue weighted by atomic mass is 35.5. The second-order valence-corrected chi connectivity index (χ2v) is 10.3. The van der Waals surface area contributed by atoms with Crippen molar-refractivity contribution in [3.8, 4) is 22.4 Å². The van der Waals surface area contributed by atoms with Crippen LogP contribution >= 0.6 is 11.6 Å². The molecule has 0 unspecified atom stereocenters. The van der Waals surface area contributed by atoms with Gasteiger partial charge in [0.15, 0.2) is 0 Å². The summed E-state index contributed by atoms with van der Waals surface area (Å²) in [5.41, 5.74) is 13.6. The maximum Gasteiger partial charge on any atom is 0.0790 e. The number of nitrogens with zero attached hydrogens (tertiary/aromatic N) is 1. The van der Waals surface area contributed by atoms with Crippen molar-refractivity contribution in [3.05, 3.63) is 123 Å². The van der Waals surface area contributed by atoms with Crippen LogP contribution in [0.1, 0.15) is 33.4 Å². The van der Waals surface area contributed by atoms with Gasteiger partial charge in [0.2, 0.25) is 0 Å². The second kappa shape index (κ2) is 8.98. The van der Waals surface area contributed by atoms with E-state index < -0.39 is 0 Å². The normalized spacial score (nSPS) is 13.1. The zero-order valence-electron chi connectivity index (χ0n) is 20.2. The summed E-state index contributed by atoms with van der Waals surface area (Å²) in [6.45, 7) is 4.32. The molecular weight excluding hydrogens is 446 g/mol. The van der Waals surface area contributed by atoms with Crippen LogP contribution in [0.25, 0.3) is 33.3 Å². The lowest BCUT2D eigenvalue weighted by atomic mass is 9.89. The lowest BCUT2D eigenvalue weighted by Crippen LogP contribution is -2.02.